The van der Waals surface area contributed by atoms with E-state index in [1.54, 1.807) is 18.2 Å². The normalized spacial score (nSPS) is 11.1. The lowest BCUT2D eigenvalue weighted by Gasteiger charge is -2.25. The Balaban J connectivity index is 1.96. The molecule has 29 heavy (non-hydrogen) atoms. The minimum absolute atomic E-state index is 0.000554. The highest BCUT2D eigenvalue weighted by molar-refractivity contribution is 7.92. The van der Waals surface area contributed by atoms with Crippen molar-refractivity contribution in [2.45, 2.75) is 4.90 Å². The van der Waals surface area contributed by atoms with Gasteiger partial charge in [-0.25, -0.2) is 12.8 Å². The number of sulfonamides is 1. The van der Waals surface area contributed by atoms with Gasteiger partial charge in [-0.15, -0.1) is 0 Å². The molecular formula is C20H15Cl2FN2O3S. The standard InChI is InChI=1S/C20H15Cl2FN2O3S/c21-14-6-11-19(18(22)12-14)25(29(27,28)17-4-2-1-3-5-17)13-20(26)24-16-9-7-15(23)8-10-16/h1-12H,13H2,(H,24,26). The van der Waals surface area contributed by atoms with Crippen LogP contribution in [0.25, 0.3) is 0 Å². The number of nitrogens with one attached hydrogen (secondary N) is 1. The Bertz CT molecular complexity index is 1120. The fraction of sp³-hybridized carbons (Fsp3) is 0.0500. The number of rotatable bonds is 6. The van der Waals surface area contributed by atoms with Crippen LogP contribution in [0, 0.1) is 5.82 Å². The van der Waals surface area contributed by atoms with Gasteiger partial charge in [-0.1, -0.05) is 41.4 Å². The molecular weight excluding hydrogens is 438 g/mol. The average molecular weight is 453 g/mol. The molecule has 0 saturated carbocycles. The van der Waals surface area contributed by atoms with Crippen LogP contribution in [0.2, 0.25) is 10.0 Å². The minimum Gasteiger partial charge on any atom is -0.325 e. The Labute approximate surface area is 177 Å². The van der Waals surface area contributed by atoms with E-state index in [1.165, 1.54) is 54.6 Å². The molecule has 5 nitrogen and oxygen atoms in total. The second-order valence-electron chi connectivity index (χ2n) is 5.98. The third kappa shape index (κ3) is 5.06. The largest absolute Gasteiger partial charge is 0.325 e. The highest BCUT2D eigenvalue weighted by Gasteiger charge is 2.28. The Morgan fingerprint density at radius 1 is 0.966 bits per heavy atom. The fourth-order valence-electron chi connectivity index (χ4n) is 2.57. The molecule has 150 valence electrons. The van der Waals surface area contributed by atoms with Crippen LogP contribution in [0.4, 0.5) is 15.8 Å². The van der Waals surface area contributed by atoms with Crippen molar-refractivity contribution >= 4 is 50.5 Å². The van der Waals surface area contributed by atoms with Crippen LogP contribution >= 0.6 is 23.2 Å². The summed E-state index contributed by atoms with van der Waals surface area (Å²) in [4.78, 5) is 12.6. The Morgan fingerprint density at radius 2 is 1.62 bits per heavy atom. The van der Waals surface area contributed by atoms with Crippen LogP contribution in [0.15, 0.2) is 77.7 Å². The summed E-state index contributed by atoms with van der Waals surface area (Å²) in [6.07, 6.45) is 0. The SMILES string of the molecule is O=C(CN(c1ccc(Cl)cc1Cl)S(=O)(=O)c1ccccc1)Nc1ccc(F)cc1. The van der Waals surface area contributed by atoms with Crippen LogP contribution in [-0.4, -0.2) is 20.9 Å². The van der Waals surface area contributed by atoms with Crippen molar-refractivity contribution in [3.05, 3.63) is 88.7 Å². The molecule has 9 heteroatoms. The summed E-state index contributed by atoms with van der Waals surface area (Å²) in [7, 11) is -4.10. The molecule has 0 atom stereocenters. The lowest BCUT2D eigenvalue weighted by Crippen LogP contribution is -2.38. The van der Waals surface area contributed by atoms with Crippen LogP contribution in [-0.2, 0) is 14.8 Å². The first-order valence-electron chi connectivity index (χ1n) is 8.35. The zero-order valence-corrected chi connectivity index (χ0v) is 17.2. The first-order chi connectivity index (χ1) is 13.8. The molecule has 0 aliphatic rings. The van der Waals surface area contributed by atoms with Crippen LogP contribution < -0.4 is 9.62 Å². The van der Waals surface area contributed by atoms with Gasteiger partial charge in [0.25, 0.3) is 10.0 Å². The predicted molar refractivity (Wildman–Crippen MR) is 112 cm³/mol. The van der Waals surface area contributed by atoms with Crippen molar-refractivity contribution < 1.29 is 17.6 Å². The van der Waals surface area contributed by atoms with Crippen molar-refractivity contribution in [3.8, 4) is 0 Å². The third-order valence-electron chi connectivity index (χ3n) is 3.92. The van der Waals surface area contributed by atoms with Gasteiger partial charge in [0, 0.05) is 10.7 Å². The van der Waals surface area contributed by atoms with Crippen LogP contribution in [0.5, 0.6) is 0 Å². The second kappa shape index (κ2) is 8.82. The summed E-state index contributed by atoms with van der Waals surface area (Å²) in [5.41, 5.74) is 0.435. The number of amides is 1. The minimum atomic E-state index is -4.10. The maximum atomic E-state index is 13.2. The van der Waals surface area contributed by atoms with Crippen LogP contribution in [0.3, 0.4) is 0 Å². The number of halogens is 3. The second-order valence-corrected chi connectivity index (χ2v) is 8.68. The van der Waals surface area contributed by atoms with Gasteiger partial charge < -0.3 is 5.32 Å². The molecule has 0 saturated heterocycles. The maximum absolute atomic E-state index is 13.2. The topological polar surface area (TPSA) is 66.5 Å². The third-order valence-corrected chi connectivity index (χ3v) is 6.24. The quantitative estimate of drug-likeness (QED) is 0.574. The van der Waals surface area contributed by atoms with E-state index in [1.807, 2.05) is 0 Å². The summed E-state index contributed by atoms with van der Waals surface area (Å²) in [6, 6.07) is 17.1. The molecule has 0 aliphatic carbocycles. The smallest absolute Gasteiger partial charge is 0.264 e. The van der Waals surface area contributed by atoms with Gasteiger partial charge in [-0.3, -0.25) is 9.10 Å². The monoisotopic (exact) mass is 452 g/mol. The van der Waals surface area contributed by atoms with Crippen molar-refractivity contribution in [1.29, 1.82) is 0 Å². The summed E-state index contributed by atoms with van der Waals surface area (Å²) in [6.45, 7) is -0.546. The van der Waals surface area contributed by atoms with Gasteiger partial charge in [-0.2, -0.15) is 0 Å². The number of hydrogen-bond acceptors (Lipinski definition) is 3. The van der Waals surface area contributed by atoms with Crippen molar-refractivity contribution in [3.63, 3.8) is 0 Å². The molecule has 1 amide bonds. The van der Waals surface area contributed by atoms with E-state index >= 15 is 0 Å². The van der Waals surface area contributed by atoms with E-state index in [9.17, 15) is 17.6 Å². The van der Waals surface area contributed by atoms with Crippen molar-refractivity contribution in [2.75, 3.05) is 16.2 Å². The lowest BCUT2D eigenvalue weighted by atomic mass is 10.3. The number of hydrogen-bond donors (Lipinski definition) is 1. The molecule has 0 fully saturated rings. The summed E-state index contributed by atoms with van der Waals surface area (Å²) in [5.74, 6) is -1.08. The average Bonchev–Trinajstić information content (AvgIpc) is 2.69. The Morgan fingerprint density at radius 3 is 2.24 bits per heavy atom. The van der Waals surface area contributed by atoms with E-state index in [0.29, 0.717) is 10.7 Å². The van der Waals surface area contributed by atoms with E-state index in [0.717, 1.165) is 4.31 Å². The van der Waals surface area contributed by atoms with Crippen LogP contribution in [0.1, 0.15) is 0 Å². The first kappa shape index (κ1) is 21.1. The van der Waals surface area contributed by atoms with E-state index in [-0.39, 0.29) is 15.6 Å². The summed E-state index contributed by atoms with van der Waals surface area (Å²) < 4.78 is 40.4. The van der Waals surface area contributed by atoms with Gasteiger partial charge in [0.2, 0.25) is 5.91 Å². The van der Waals surface area contributed by atoms with E-state index in [2.05, 4.69) is 5.32 Å². The van der Waals surface area contributed by atoms with Gasteiger partial charge >= 0.3 is 0 Å². The number of benzene rings is 3. The Hall–Kier alpha value is -2.61. The van der Waals surface area contributed by atoms with Gasteiger partial charge in [0.1, 0.15) is 12.4 Å². The van der Waals surface area contributed by atoms with Gasteiger partial charge in [0.15, 0.2) is 0 Å². The van der Waals surface area contributed by atoms with Gasteiger partial charge in [-0.05, 0) is 54.6 Å². The highest BCUT2D eigenvalue weighted by Crippen LogP contribution is 2.32. The number of carbonyl (C=O) groups is 1. The van der Waals surface area contributed by atoms with E-state index < -0.39 is 28.3 Å². The Kier molecular flexibility index (Phi) is 6.42. The molecule has 0 heterocycles. The lowest BCUT2D eigenvalue weighted by molar-refractivity contribution is -0.114. The molecule has 0 unspecified atom stereocenters. The van der Waals surface area contributed by atoms with Crippen molar-refractivity contribution in [2.24, 2.45) is 0 Å². The molecule has 1 N–H and O–H groups in total. The molecule has 0 spiro atoms. The molecule has 3 aromatic rings. The number of anilines is 2. The zero-order valence-electron chi connectivity index (χ0n) is 14.8. The fourth-order valence-corrected chi connectivity index (χ4v) is 4.59. The predicted octanol–water partition coefficient (Wildman–Crippen LogP) is 4.97. The molecule has 3 aromatic carbocycles. The summed E-state index contributed by atoms with van der Waals surface area (Å²) in [5, 5.41) is 2.94. The molecule has 0 aromatic heterocycles. The highest BCUT2D eigenvalue weighted by atomic mass is 35.5. The maximum Gasteiger partial charge on any atom is 0.264 e. The number of carbonyl (C=O) groups excluding carboxylic acids is 1. The molecule has 0 radical (unpaired) electrons. The van der Waals surface area contributed by atoms with Gasteiger partial charge in [0.05, 0.1) is 15.6 Å². The van der Waals surface area contributed by atoms with E-state index in [4.69, 9.17) is 23.2 Å². The molecule has 3 rings (SSSR count). The van der Waals surface area contributed by atoms with Crippen molar-refractivity contribution in [1.82, 2.24) is 0 Å². The zero-order chi connectivity index (χ0) is 21.0. The number of nitrogens with zero attached hydrogens (tertiary/aromatic N) is 1. The molecule has 0 bridgehead atoms. The summed E-state index contributed by atoms with van der Waals surface area (Å²) >= 11 is 12.1. The first-order valence-corrected chi connectivity index (χ1v) is 10.6. The molecule has 0 aliphatic heterocycles.